The van der Waals surface area contributed by atoms with Crippen LogP contribution < -0.4 is 0 Å². The summed E-state index contributed by atoms with van der Waals surface area (Å²) in [6.07, 6.45) is 0. The summed E-state index contributed by atoms with van der Waals surface area (Å²) in [5.74, 6) is 2.15. The average molecular weight is 755 g/mol. The van der Waals surface area contributed by atoms with Crippen molar-refractivity contribution in [3.05, 3.63) is 199 Å². The van der Waals surface area contributed by atoms with Gasteiger partial charge in [-0.25, -0.2) is 29.8 Å². The van der Waals surface area contributed by atoms with Crippen LogP contribution in [0.3, 0.4) is 0 Å². The summed E-state index contributed by atoms with van der Waals surface area (Å²) in [4.78, 5) is 29.3. The SMILES string of the molecule is [C-]#[N+]c1ccc2c(c1)c1cc(C#N)ccc1n2-c1ccc(-c2cc(-c3ccccc3)nc(-c3ccccc3)n2)cc1-c1nc(-c2ccccc2)nc(-c2ccccc2)n1. The van der Waals surface area contributed by atoms with Crippen LogP contribution in [0.25, 0.3) is 100 Å². The maximum absolute atomic E-state index is 9.91. The van der Waals surface area contributed by atoms with E-state index in [1.165, 1.54) is 0 Å². The van der Waals surface area contributed by atoms with Gasteiger partial charge in [0, 0.05) is 38.8 Å². The van der Waals surface area contributed by atoms with Crippen LogP contribution in [0.1, 0.15) is 5.56 Å². The monoisotopic (exact) mass is 754 g/mol. The van der Waals surface area contributed by atoms with Crippen LogP contribution in [0, 0.1) is 17.9 Å². The highest BCUT2D eigenvalue weighted by atomic mass is 15.1. The predicted octanol–water partition coefficient (Wildman–Crippen LogP) is 12.2. The fourth-order valence-corrected chi connectivity index (χ4v) is 7.48. The van der Waals surface area contributed by atoms with Crippen LogP contribution in [0.15, 0.2) is 182 Å². The molecule has 0 bridgehead atoms. The summed E-state index contributed by atoms with van der Waals surface area (Å²) in [6, 6.07) is 61.8. The van der Waals surface area contributed by atoms with Crippen molar-refractivity contribution in [2.45, 2.75) is 0 Å². The fourth-order valence-electron chi connectivity index (χ4n) is 7.48. The Kier molecular flexibility index (Phi) is 8.76. The van der Waals surface area contributed by atoms with Crippen molar-refractivity contribution < 1.29 is 0 Å². The van der Waals surface area contributed by atoms with Gasteiger partial charge in [-0.15, -0.1) is 0 Å². The van der Waals surface area contributed by atoms with E-state index in [1.807, 2.05) is 152 Å². The second kappa shape index (κ2) is 14.8. The highest BCUT2D eigenvalue weighted by Gasteiger charge is 2.22. The Labute approximate surface area is 339 Å². The molecule has 0 aliphatic carbocycles. The highest BCUT2D eigenvalue weighted by molar-refractivity contribution is 6.11. The molecule has 7 aromatic carbocycles. The Morgan fingerprint density at radius 1 is 0.441 bits per heavy atom. The molecule has 0 aliphatic rings. The van der Waals surface area contributed by atoms with E-state index < -0.39 is 0 Å². The predicted molar refractivity (Wildman–Crippen MR) is 233 cm³/mol. The first kappa shape index (κ1) is 34.9. The third kappa shape index (κ3) is 6.53. The number of rotatable bonds is 7. The van der Waals surface area contributed by atoms with Crippen molar-refractivity contribution in [3.63, 3.8) is 0 Å². The summed E-state index contributed by atoms with van der Waals surface area (Å²) >= 11 is 0. The molecule has 3 aromatic heterocycles. The van der Waals surface area contributed by atoms with Crippen molar-refractivity contribution in [1.82, 2.24) is 29.5 Å². The molecule has 8 nitrogen and oxygen atoms in total. The lowest BCUT2D eigenvalue weighted by molar-refractivity contribution is 1.06. The Balaban J connectivity index is 1.28. The van der Waals surface area contributed by atoms with E-state index in [1.54, 1.807) is 0 Å². The summed E-state index contributed by atoms with van der Waals surface area (Å²) in [6.45, 7) is 7.78. The Morgan fingerprint density at radius 3 is 1.49 bits per heavy atom. The van der Waals surface area contributed by atoms with E-state index >= 15 is 0 Å². The van der Waals surface area contributed by atoms with Gasteiger partial charge >= 0.3 is 0 Å². The van der Waals surface area contributed by atoms with Crippen molar-refractivity contribution in [1.29, 1.82) is 5.26 Å². The van der Waals surface area contributed by atoms with Crippen molar-refractivity contribution in [3.8, 4) is 79.8 Å². The van der Waals surface area contributed by atoms with Crippen LogP contribution in [0.5, 0.6) is 0 Å². The lowest BCUT2D eigenvalue weighted by atomic mass is 10.0. The standard InChI is InChI=1S/C51H30N8/c1-53-39-24-27-46-41(30-39)40-28-33(32-52)22-25-45(40)59(46)47-26-23-38(44-31-43(34-14-6-2-7-15-34)54-48(55-44)35-16-8-3-9-17-35)29-42(47)51-57-49(36-18-10-4-11-19-36)56-50(58-51)37-20-12-5-13-21-37/h2-31H. The molecule has 274 valence electrons. The molecular weight excluding hydrogens is 725 g/mol. The van der Waals surface area contributed by atoms with Crippen LogP contribution in [0.2, 0.25) is 0 Å². The van der Waals surface area contributed by atoms with Crippen molar-refractivity contribution >= 4 is 27.5 Å². The molecule has 0 spiro atoms. The van der Waals surface area contributed by atoms with E-state index in [9.17, 15) is 5.26 Å². The number of benzene rings is 7. The minimum atomic E-state index is 0.469. The normalized spacial score (nSPS) is 11.0. The molecule has 8 heteroatoms. The van der Waals surface area contributed by atoms with Gasteiger partial charge in [-0.05, 0) is 53.9 Å². The first-order valence-corrected chi connectivity index (χ1v) is 19.0. The van der Waals surface area contributed by atoms with Gasteiger partial charge in [0.1, 0.15) is 0 Å². The van der Waals surface area contributed by atoms with E-state index in [2.05, 4.69) is 45.8 Å². The second-order valence-corrected chi connectivity index (χ2v) is 14.0. The first-order valence-electron chi connectivity index (χ1n) is 19.0. The first-order chi connectivity index (χ1) is 29.1. The summed E-state index contributed by atoms with van der Waals surface area (Å²) < 4.78 is 2.16. The minimum absolute atomic E-state index is 0.469. The van der Waals surface area contributed by atoms with Gasteiger partial charge in [0.15, 0.2) is 29.0 Å². The lowest BCUT2D eigenvalue weighted by Crippen LogP contribution is -2.04. The third-order valence-corrected chi connectivity index (χ3v) is 10.3. The fraction of sp³-hybridized carbons (Fsp3) is 0. The molecule has 10 aromatic rings. The number of aromatic nitrogens is 6. The number of hydrogen-bond acceptors (Lipinski definition) is 6. The molecule has 0 aliphatic heterocycles. The Bertz CT molecular complexity index is 3090. The molecule has 0 atom stereocenters. The van der Waals surface area contributed by atoms with E-state index in [4.69, 9.17) is 31.5 Å². The molecule has 3 heterocycles. The van der Waals surface area contributed by atoms with Gasteiger partial charge in [0.25, 0.3) is 0 Å². The van der Waals surface area contributed by atoms with E-state index in [0.717, 1.165) is 72.3 Å². The molecule has 0 unspecified atom stereocenters. The zero-order valence-electron chi connectivity index (χ0n) is 31.4. The molecule has 0 radical (unpaired) electrons. The Hall–Kier alpha value is -8.59. The molecule has 10 rings (SSSR count). The van der Waals surface area contributed by atoms with Crippen molar-refractivity contribution in [2.75, 3.05) is 0 Å². The van der Waals surface area contributed by atoms with Crippen LogP contribution in [0.4, 0.5) is 5.69 Å². The highest BCUT2D eigenvalue weighted by Crippen LogP contribution is 2.40. The third-order valence-electron chi connectivity index (χ3n) is 10.3. The van der Waals surface area contributed by atoms with Gasteiger partial charge in [-0.3, -0.25) is 0 Å². The van der Waals surface area contributed by atoms with E-state index in [0.29, 0.717) is 34.5 Å². The molecular formula is C51H30N8. The topological polar surface area (TPSA) is 97.5 Å². The van der Waals surface area contributed by atoms with Gasteiger partial charge in [0.2, 0.25) is 0 Å². The number of fused-ring (bicyclic) bond motifs is 3. The summed E-state index contributed by atoms with van der Waals surface area (Å²) in [5, 5.41) is 11.6. The largest absolute Gasteiger partial charge is 0.309 e. The molecule has 59 heavy (non-hydrogen) atoms. The Morgan fingerprint density at radius 2 is 0.932 bits per heavy atom. The smallest absolute Gasteiger partial charge is 0.188 e. The zero-order valence-corrected chi connectivity index (χ0v) is 31.4. The molecule has 0 amide bonds. The maximum Gasteiger partial charge on any atom is 0.188 e. The van der Waals surface area contributed by atoms with E-state index in [-0.39, 0.29) is 0 Å². The molecule has 0 saturated heterocycles. The quantitative estimate of drug-likeness (QED) is 0.150. The minimum Gasteiger partial charge on any atom is -0.309 e. The van der Waals surface area contributed by atoms with Gasteiger partial charge in [-0.1, -0.05) is 133 Å². The van der Waals surface area contributed by atoms with Gasteiger partial charge in [-0.2, -0.15) is 5.26 Å². The maximum atomic E-state index is 9.91. The van der Waals surface area contributed by atoms with Crippen LogP contribution in [-0.4, -0.2) is 29.5 Å². The average Bonchev–Trinajstić information content (AvgIpc) is 3.64. The second-order valence-electron chi connectivity index (χ2n) is 14.0. The van der Waals surface area contributed by atoms with Gasteiger partial charge < -0.3 is 4.57 Å². The molecule has 0 N–H and O–H groups in total. The van der Waals surface area contributed by atoms with Gasteiger partial charge in [0.05, 0.1) is 46.3 Å². The number of nitriles is 1. The lowest BCUT2D eigenvalue weighted by Gasteiger charge is -2.17. The summed E-state index contributed by atoms with van der Waals surface area (Å²) in [7, 11) is 0. The van der Waals surface area contributed by atoms with Crippen LogP contribution >= 0.6 is 0 Å². The summed E-state index contributed by atoms with van der Waals surface area (Å²) in [5.41, 5.74) is 10.3. The molecule has 0 saturated carbocycles. The van der Waals surface area contributed by atoms with Crippen molar-refractivity contribution in [2.24, 2.45) is 0 Å². The van der Waals surface area contributed by atoms with Crippen LogP contribution in [-0.2, 0) is 0 Å². The number of hydrogen-bond donors (Lipinski definition) is 0. The molecule has 0 fully saturated rings. The number of nitrogens with zero attached hydrogens (tertiary/aromatic N) is 8. The zero-order chi connectivity index (χ0) is 39.7.